The molecule has 0 fully saturated rings. The SMILES string of the molecule is Cc1ccc2nc(NC(=O)c3cn(C)nc3-c3ccc4c(c3)OCCCO4)sc2c1. The molecule has 0 saturated heterocycles. The number of amides is 1. The summed E-state index contributed by atoms with van der Waals surface area (Å²) in [6.07, 6.45) is 2.55. The molecule has 30 heavy (non-hydrogen) atoms. The van der Waals surface area contributed by atoms with Gasteiger partial charge in [0.2, 0.25) is 0 Å². The summed E-state index contributed by atoms with van der Waals surface area (Å²) in [4.78, 5) is 17.6. The Hall–Kier alpha value is -3.39. The lowest BCUT2D eigenvalue weighted by Gasteiger charge is -2.09. The van der Waals surface area contributed by atoms with Gasteiger partial charge in [0.05, 0.1) is 29.0 Å². The maximum atomic E-state index is 13.1. The lowest BCUT2D eigenvalue weighted by atomic mass is 10.1. The van der Waals surface area contributed by atoms with Gasteiger partial charge in [-0.2, -0.15) is 5.10 Å². The summed E-state index contributed by atoms with van der Waals surface area (Å²) >= 11 is 1.46. The number of hydrogen-bond acceptors (Lipinski definition) is 6. The monoisotopic (exact) mass is 420 g/mol. The van der Waals surface area contributed by atoms with Crippen molar-refractivity contribution in [1.29, 1.82) is 0 Å². The predicted molar refractivity (Wildman–Crippen MR) is 117 cm³/mol. The summed E-state index contributed by atoms with van der Waals surface area (Å²) in [6, 6.07) is 11.7. The molecule has 2 aromatic carbocycles. The maximum Gasteiger partial charge on any atom is 0.261 e. The average molecular weight is 420 g/mol. The highest BCUT2D eigenvalue weighted by atomic mass is 32.1. The molecule has 0 atom stereocenters. The Kier molecular flexibility index (Phi) is 4.63. The Morgan fingerprint density at radius 2 is 1.97 bits per heavy atom. The first-order chi connectivity index (χ1) is 14.6. The molecule has 8 heteroatoms. The summed E-state index contributed by atoms with van der Waals surface area (Å²) in [5.41, 5.74) is 3.89. The number of benzene rings is 2. The topological polar surface area (TPSA) is 78.3 Å². The lowest BCUT2D eigenvalue weighted by molar-refractivity contribution is 0.102. The number of carbonyl (C=O) groups is 1. The van der Waals surface area contributed by atoms with E-state index in [1.807, 2.05) is 37.3 Å². The molecular weight excluding hydrogens is 400 g/mol. The summed E-state index contributed by atoms with van der Waals surface area (Å²) in [5.74, 6) is 1.13. The van der Waals surface area contributed by atoms with Crippen molar-refractivity contribution in [2.45, 2.75) is 13.3 Å². The molecule has 4 aromatic rings. The van der Waals surface area contributed by atoms with Crippen LogP contribution in [0, 0.1) is 6.92 Å². The van der Waals surface area contributed by atoms with Gasteiger partial charge in [0, 0.05) is 25.2 Å². The van der Waals surface area contributed by atoms with E-state index in [0.717, 1.165) is 27.8 Å². The molecule has 5 rings (SSSR count). The van der Waals surface area contributed by atoms with Gasteiger partial charge in [0.25, 0.3) is 5.91 Å². The molecule has 3 heterocycles. The van der Waals surface area contributed by atoms with Crippen LogP contribution in [0.15, 0.2) is 42.6 Å². The Labute approximate surface area is 177 Å². The first-order valence-electron chi connectivity index (χ1n) is 9.69. The van der Waals surface area contributed by atoms with Crippen molar-refractivity contribution >= 4 is 32.6 Å². The fourth-order valence-corrected chi connectivity index (χ4v) is 4.39. The first kappa shape index (κ1) is 18.6. The molecule has 0 aliphatic carbocycles. The number of fused-ring (bicyclic) bond motifs is 2. The number of nitrogens with zero attached hydrogens (tertiary/aromatic N) is 3. The molecular formula is C22H20N4O3S. The number of anilines is 1. The smallest absolute Gasteiger partial charge is 0.261 e. The molecule has 0 bridgehead atoms. The second-order valence-electron chi connectivity index (χ2n) is 7.22. The second kappa shape index (κ2) is 7.46. The van der Waals surface area contributed by atoms with Gasteiger partial charge >= 0.3 is 0 Å². The number of thiazole rings is 1. The van der Waals surface area contributed by atoms with Crippen molar-refractivity contribution in [3.63, 3.8) is 0 Å². The number of hydrogen-bond donors (Lipinski definition) is 1. The van der Waals surface area contributed by atoms with Gasteiger partial charge in [-0.3, -0.25) is 14.8 Å². The Balaban J connectivity index is 1.46. The number of nitrogens with one attached hydrogen (secondary N) is 1. The van der Waals surface area contributed by atoms with E-state index >= 15 is 0 Å². The van der Waals surface area contributed by atoms with E-state index < -0.39 is 0 Å². The van der Waals surface area contributed by atoms with Crippen molar-refractivity contribution < 1.29 is 14.3 Å². The summed E-state index contributed by atoms with van der Waals surface area (Å²) in [5, 5.41) is 8.00. The van der Waals surface area contributed by atoms with Gasteiger partial charge < -0.3 is 9.47 Å². The van der Waals surface area contributed by atoms with E-state index in [1.54, 1.807) is 17.9 Å². The summed E-state index contributed by atoms with van der Waals surface area (Å²) < 4.78 is 14.2. The van der Waals surface area contributed by atoms with E-state index in [4.69, 9.17) is 9.47 Å². The first-order valence-corrected chi connectivity index (χ1v) is 10.5. The van der Waals surface area contributed by atoms with Crippen LogP contribution in [-0.4, -0.2) is 33.9 Å². The standard InChI is InChI=1S/C22H20N4O3S/c1-13-4-6-16-19(10-13)30-22(23-16)24-21(27)15-12-26(2)25-20(15)14-5-7-17-18(11-14)29-9-3-8-28-17/h4-7,10-12H,3,8-9H2,1-2H3,(H,23,24,27). The Morgan fingerprint density at radius 3 is 2.83 bits per heavy atom. The van der Waals surface area contributed by atoms with Crippen LogP contribution >= 0.6 is 11.3 Å². The molecule has 1 amide bonds. The van der Waals surface area contributed by atoms with Gasteiger partial charge in [0.1, 0.15) is 5.69 Å². The van der Waals surface area contributed by atoms with Crippen molar-refractivity contribution in [3.8, 4) is 22.8 Å². The van der Waals surface area contributed by atoms with E-state index in [0.29, 0.717) is 41.1 Å². The minimum Gasteiger partial charge on any atom is -0.490 e. The van der Waals surface area contributed by atoms with Crippen LogP contribution in [-0.2, 0) is 7.05 Å². The third kappa shape index (κ3) is 3.50. The quantitative estimate of drug-likeness (QED) is 0.531. The molecule has 1 aliphatic heterocycles. The Bertz CT molecular complexity index is 1260. The summed E-state index contributed by atoms with van der Waals surface area (Å²) in [7, 11) is 1.80. The van der Waals surface area contributed by atoms with Gasteiger partial charge in [0.15, 0.2) is 16.6 Å². The number of rotatable bonds is 3. The van der Waals surface area contributed by atoms with Crippen LogP contribution in [0.1, 0.15) is 22.3 Å². The lowest BCUT2D eigenvalue weighted by Crippen LogP contribution is -2.12. The number of aromatic nitrogens is 3. The van der Waals surface area contributed by atoms with E-state index in [1.165, 1.54) is 11.3 Å². The third-order valence-electron chi connectivity index (χ3n) is 4.86. The summed E-state index contributed by atoms with van der Waals surface area (Å²) in [6.45, 7) is 3.27. The van der Waals surface area contributed by atoms with Gasteiger partial charge in [-0.1, -0.05) is 17.4 Å². The molecule has 2 aromatic heterocycles. The largest absolute Gasteiger partial charge is 0.490 e. The van der Waals surface area contributed by atoms with E-state index in [2.05, 4.69) is 21.5 Å². The zero-order valence-electron chi connectivity index (χ0n) is 16.6. The molecule has 0 radical (unpaired) electrons. The zero-order valence-corrected chi connectivity index (χ0v) is 17.5. The highest BCUT2D eigenvalue weighted by Crippen LogP contribution is 2.35. The zero-order chi connectivity index (χ0) is 20.7. The number of aryl methyl sites for hydroxylation is 2. The van der Waals surface area contributed by atoms with Crippen LogP contribution in [0.25, 0.3) is 21.5 Å². The average Bonchev–Trinajstić information content (AvgIpc) is 3.22. The molecule has 1 N–H and O–H groups in total. The molecule has 0 spiro atoms. The normalized spacial score (nSPS) is 13.3. The fourth-order valence-electron chi connectivity index (χ4n) is 3.43. The second-order valence-corrected chi connectivity index (χ2v) is 8.25. The third-order valence-corrected chi connectivity index (χ3v) is 5.79. The van der Waals surface area contributed by atoms with Crippen LogP contribution in [0.3, 0.4) is 0 Å². The van der Waals surface area contributed by atoms with Crippen molar-refractivity contribution in [3.05, 3.63) is 53.7 Å². The van der Waals surface area contributed by atoms with Crippen molar-refractivity contribution in [1.82, 2.24) is 14.8 Å². The van der Waals surface area contributed by atoms with Crippen molar-refractivity contribution in [2.24, 2.45) is 7.05 Å². The molecule has 0 saturated carbocycles. The fraction of sp³-hybridized carbons (Fsp3) is 0.227. The van der Waals surface area contributed by atoms with Crippen LogP contribution < -0.4 is 14.8 Å². The molecule has 0 unspecified atom stereocenters. The van der Waals surface area contributed by atoms with Gasteiger partial charge in [-0.25, -0.2) is 4.98 Å². The van der Waals surface area contributed by atoms with Gasteiger partial charge in [-0.15, -0.1) is 0 Å². The van der Waals surface area contributed by atoms with Gasteiger partial charge in [-0.05, 0) is 42.8 Å². The predicted octanol–water partition coefficient (Wildman–Crippen LogP) is 4.42. The highest BCUT2D eigenvalue weighted by Gasteiger charge is 2.20. The van der Waals surface area contributed by atoms with Crippen LogP contribution in [0.2, 0.25) is 0 Å². The van der Waals surface area contributed by atoms with Crippen LogP contribution in [0.4, 0.5) is 5.13 Å². The Morgan fingerprint density at radius 1 is 1.13 bits per heavy atom. The molecule has 152 valence electrons. The maximum absolute atomic E-state index is 13.1. The minimum absolute atomic E-state index is 0.249. The number of carbonyl (C=O) groups excluding carboxylic acids is 1. The minimum atomic E-state index is -0.249. The highest BCUT2D eigenvalue weighted by molar-refractivity contribution is 7.22. The number of ether oxygens (including phenoxy) is 2. The molecule has 1 aliphatic rings. The van der Waals surface area contributed by atoms with E-state index in [-0.39, 0.29) is 5.91 Å². The molecule has 7 nitrogen and oxygen atoms in total. The van der Waals surface area contributed by atoms with Crippen LogP contribution in [0.5, 0.6) is 11.5 Å². The van der Waals surface area contributed by atoms with Crippen molar-refractivity contribution in [2.75, 3.05) is 18.5 Å². The van der Waals surface area contributed by atoms with E-state index in [9.17, 15) is 4.79 Å².